The number of carbonyl (C=O) groups excluding carboxylic acids is 1. The van der Waals surface area contributed by atoms with Gasteiger partial charge in [0.2, 0.25) is 5.91 Å². The number of amides is 1. The minimum absolute atomic E-state index is 0.299. The zero-order chi connectivity index (χ0) is 15.6. The Morgan fingerprint density at radius 3 is 2.91 bits per heavy atom. The summed E-state index contributed by atoms with van der Waals surface area (Å²) in [7, 11) is 0. The van der Waals surface area contributed by atoms with Crippen LogP contribution in [0.25, 0.3) is 0 Å². The summed E-state index contributed by atoms with van der Waals surface area (Å²) in [5.41, 5.74) is 1.12. The number of hydrogen-bond donors (Lipinski definition) is 0. The van der Waals surface area contributed by atoms with Crippen LogP contribution in [-0.4, -0.2) is 39.3 Å². The molecular weight excluding hydrogens is 306 g/mol. The van der Waals surface area contributed by atoms with E-state index in [2.05, 4.69) is 38.4 Å². The third-order valence-corrected chi connectivity index (χ3v) is 5.88. The molecule has 2 aromatic rings. The van der Waals surface area contributed by atoms with E-state index in [-0.39, 0.29) is 0 Å². The summed E-state index contributed by atoms with van der Waals surface area (Å²) in [6.07, 6.45) is 6.40. The lowest BCUT2D eigenvalue weighted by Gasteiger charge is -2.39. The highest BCUT2D eigenvalue weighted by Gasteiger charge is 2.42. The molecule has 5 heteroatoms. The van der Waals surface area contributed by atoms with E-state index in [1.54, 1.807) is 6.20 Å². The standard InChI is InChI=1S/C18H21N3OS/c22-18-6-5-16-17(21(18)12-14-3-1-8-19-11-14)7-9-20(16)13-15-4-2-10-23-15/h1-4,8,10-11,16-17H,5-7,9,12-13H2/t16-,17-/m1/s1. The van der Waals surface area contributed by atoms with Crippen LogP contribution in [0.5, 0.6) is 0 Å². The smallest absolute Gasteiger partial charge is 0.223 e. The molecule has 23 heavy (non-hydrogen) atoms. The highest BCUT2D eigenvalue weighted by molar-refractivity contribution is 7.09. The van der Waals surface area contributed by atoms with Crippen molar-refractivity contribution in [1.29, 1.82) is 0 Å². The number of likely N-dealkylation sites (tertiary alicyclic amines) is 2. The topological polar surface area (TPSA) is 36.4 Å². The van der Waals surface area contributed by atoms with Gasteiger partial charge in [0.25, 0.3) is 0 Å². The van der Waals surface area contributed by atoms with Crippen molar-refractivity contribution in [2.75, 3.05) is 6.54 Å². The molecule has 2 saturated heterocycles. The van der Waals surface area contributed by atoms with Gasteiger partial charge in [0.1, 0.15) is 0 Å². The lowest BCUT2D eigenvalue weighted by Crippen LogP contribution is -2.51. The van der Waals surface area contributed by atoms with Crippen LogP contribution in [0.15, 0.2) is 42.0 Å². The first-order chi connectivity index (χ1) is 11.3. The normalized spacial score (nSPS) is 24.9. The van der Waals surface area contributed by atoms with Crippen molar-refractivity contribution in [3.63, 3.8) is 0 Å². The summed E-state index contributed by atoms with van der Waals surface area (Å²) in [4.78, 5) is 22.7. The van der Waals surface area contributed by atoms with Crippen LogP contribution < -0.4 is 0 Å². The fourth-order valence-electron chi connectivity index (χ4n) is 3.93. The van der Waals surface area contributed by atoms with Gasteiger partial charge in [0.05, 0.1) is 0 Å². The number of carbonyl (C=O) groups is 1. The molecule has 2 aliphatic heterocycles. The van der Waals surface area contributed by atoms with E-state index in [0.29, 0.717) is 31.0 Å². The molecule has 4 nitrogen and oxygen atoms in total. The first-order valence-corrected chi connectivity index (χ1v) is 9.14. The van der Waals surface area contributed by atoms with Crippen LogP contribution in [0.2, 0.25) is 0 Å². The maximum atomic E-state index is 12.5. The molecule has 2 aromatic heterocycles. The molecule has 2 fully saturated rings. The average Bonchev–Trinajstić information content (AvgIpc) is 3.22. The van der Waals surface area contributed by atoms with Crippen LogP contribution in [0, 0.1) is 0 Å². The Morgan fingerprint density at radius 2 is 2.13 bits per heavy atom. The number of piperidine rings is 1. The van der Waals surface area contributed by atoms with Gasteiger partial charge in [-0.15, -0.1) is 11.3 Å². The van der Waals surface area contributed by atoms with Gasteiger partial charge in [-0.3, -0.25) is 14.7 Å². The molecular formula is C18H21N3OS. The van der Waals surface area contributed by atoms with Crippen molar-refractivity contribution in [2.24, 2.45) is 0 Å². The van der Waals surface area contributed by atoms with Gasteiger partial charge in [-0.2, -0.15) is 0 Å². The number of thiophene rings is 1. The zero-order valence-corrected chi connectivity index (χ0v) is 13.9. The van der Waals surface area contributed by atoms with E-state index in [1.165, 1.54) is 4.88 Å². The molecule has 4 rings (SSSR count). The Labute approximate surface area is 140 Å². The summed E-state index contributed by atoms with van der Waals surface area (Å²) in [6.45, 7) is 2.80. The average molecular weight is 327 g/mol. The Morgan fingerprint density at radius 1 is 1.17 bits per heavy atom. The van der Waals surface area contributed by atoms with E-state index in [1.807, 2.05) is 23.6 Å². The molecule has 2 aliphatic rings. The SMILES string of the molecule is O=C1CC[C@@H]2[C@@H](CCN2Cc2cccs2)N1Cc1cccnc1. The number of aromatic nitrogens is 1. The van der Waals surface area contributed by atoms with Crippen molar-refractivity contribution in [3.05, 3.63) is 52.5 Å². The van der Waals surface area contributed by atoms with E-state index in [4.69, 9.17) is 0 Å². The molecule has 2 atom stereocenters. The van der Waals surface area contributed by atoms with Gasteiger partial charge >= 0.3 is 0 Å². The van der Waals surface area contributed by atoms with Crippen LogP contribution in [-0.2, 0) is 17.9 Å². The molecule has 0 saturated carbocycles. The number of hydrogen-bond acceptors (Lipinski definition) is 4. The highest BCUT2D eigenvalue weighted by atomic mass is 32.1. The van der Waals surface area contributed by atoms with E-state index in [9.17, 15) is 4.79 Å². The van der Waals surface area contributed by atoms with Crippen LogP contribution >= 0.6 is 11.3 Å². The molecule has 0 radical (unpaired) electrons. The summed E-state index contributed by atoms with van der Waals surface area (Å²) in [6, 6.07) is 9.19. The van der Waals surface area contributed by atoms with Crippen molar-refractivity contribution in [1.82, 2.24) is 14.8 Å². The van der Waals surface area contributed by atoms with E-state index < -0.39 is 0 Å². The molecule has 0 N–H and O–H groups in total. The first kappa shape index (κ1) is 14.8. The lowest BCUT2D eigenvalue weighted by molar-refractivity contribution is -0.138. The summed E-state index contributed by atoms with van der Waals surface area (Å²) >= 11 is 1.82. The first-order valence-electron chi connectivity index (χ1n) is 8.26. The summed E-state index contributed by atoms with van der Waals surface area (Å²) < 4.78 is 0. The monoisotopic (exact) mass is 327 g/mol. The van der Waals surface area contributed by atoms with Crippen molar-refractivity contribution in [3.8, 4) is 0 Å². The third-order valence-electron chi connectivity index (χ3n) is 5.01. The minimum Gasteiger partial charge on any atom is -0.334 e. The molecule has 0 unspecified atom stereocenters. The van der Waals surface area contributed by atoms with Gasteiger partial charge in [-0.25, -0.2) is 0 Å². The molecule has 0 aromatic carbocycles. The van der Waals surface area contributed by atoms with Crippen molar-refractivity contribution < 1.29 is 4.79 Å². The summed E-state index contributed by atoms with van der Waals surface area (Å²) in [5, 5.41) is 2.14. The number of fused-ring (bicyclic) bond motifs is 1. The van der Waals surface area contributed by atoms with Crippen LogP contribution in [0.1, 0.15) is 29.7 Å². The predicted octanol–water partition coefficient (Wildman–Crippen LogP) is 2.91. The maximum Gasteiger partial charge on any atom is 0.223 e. The molecule has 4 heterocycles. The second-order valence-electron chi connectivity index (χ2n) is 6.39. The van der Waals surface area contributed by atoms with Crippen molar-refractivity contribution in [2.45, 2.75) is 44.4 Å². The molecule has 0 bridgehead atoms. The minimum atomic E-state index is 0.299. The third kappa shape index (κ3) is 3.03. The molecule has 1 amide bonds. The second kappa shape index (κ2) is 6.42. The summed E-state index contributed by atoms with van der Waals surface area (Å²) in [5.74, 6) is 0.299. The largest absolute Gasteiger partial charge is 0.334 e. The molecule has 0 spiro atoms. The van der Waals surface area contributed by atoms with Gasteiger partial charge < -0.3 is 4.90 Å². The highest BCUT2D eigenvalue weighted by Crippen LogP contribution is 2.33. The number of nitrogens with zero attached hydrogens (tertiary/aromatic N) is 3. The van der Waals surface area contributed by atoms with Gasteiger partial charge in [0, 0.05) is 55.4 Å². The maximum absolute atomic E-state index is 12.5. The van der Waals surface area contributed by atoms with Gasteiger partial charge in [-0.1, -0.05) is 12.1 Å². The van der Waals surface area contributed by atoms with E-state index >= 15 is 0 Å². The quantitative estimate of drug-likeness (QED) is 0.866. The second-order valence-corrected chi connectivity index (χ2v) is 7.43. The van der Waals surface area contributed by atoms with Gasteiger partial charge in [-0.05, 0) is 35.9 Å². The Balaban J connectivity index is 1.49. The van der Waals surface area contributed by atoms with Crippen molar-refractivity contribution >= 4 is 17.2 Å². The Bertz CT molecular complexity index is 658. The lowest BCUT2D eigenvalue weighted by atomic mass is 9.95. The molecule has 120 valence electrons. The molecule has 0 aliphatic carbocycles. The fourth-order valence-corrected chi connectivity index (χ4v) is 4.66. The number of pyridine rings is 1. The Kier molecular flexibility index (Phi) is 4.14. The number of rotatable bonds is 4. The predicted molar refractivity (Wildman–Crippen MR) is 90.9 cm³/mol. The van der Waals surface area contributed by atoms with Crippen LogP contribution in [0.3, 0.4) is 0 Å². The Hall–Kier alpha value is -1.72. The van der Waals surface area contributed by atoms with E-state index in [0.717, 1.165) is 31.5 Å². The van der Waals surface area contributed by atoms with Gasteiger partial charge in [0.15, 0.2) is 0 Å². The zero-order valence-electron chi connectivity index (χ0n) is 13.1. The fraction of sp³-hybridized carbons (Fsp3) is 0.444. The van der Waals surface area contributed by atoms with Crippen LogP contribution in [0.4, 0.5) is 0 Å².